The third-order valence-electron chi connectivity index (χ3n) is 4.16. The Balaban J connectivity index is 1.37. The zero-order chi connectivity index (χ0) is 21.6. The van der Waals surface area contributed by atoms with E-state index in [1.54, 1.807) is 30.3 Å². The van der Waals surface area contributed by atoms with Crippen LogP contribution in [0.25, 0.3) is 10.2 Å². The van der Waals surface area contributed by atoms with Crippen LogP contribution in [0.5, 0.6) is 5.75 Å². The average Bonchev–Trinajstić information content (AvgIpc) is 3.35. The second-order valence-corrected chi connectivity index (χ2v) is 8.77. The number of ether oxygens (including phenoxy) is 1. The lowest BCUT2D eigenvalue weighted by Gasteiger charge is -2.09. The molecule has 0 bridgehead atoms. The summed E-state index contributed by atoms with van der Waals surface area (Å²) in [4.78, 5) is 16.8. The monoisotopic (exact) mass is 471 g/mol. The highest BCUT2D eigenvalue weighted by molar-refractivity contribution is 7.99. The molecule has 0 spiro atoms. The molecule has 1 amide bonds. The van der Waals surface area contributed by atoms with Crippen molar-refractivity contribution in [3.63, 3.8) is 0 Å². The maximum absolute atomic E-state index is 12.4. The first-order valence-corrected chi connectivity index (χ1v) is 11.5. The number of allylic oxidation sites excluding steroid dienone is 1. The molecule has 2 heterocycles. The molecule has 31 heavy (non-hydrogen) atoms. The molecular formula is C21H18ClN5O2S2. The number of anilines is 1. The minimum absolute atomic E-state index is 0.156. The number of thiazole rings is 1. The fourth-order valence-corrected chi connectivity index (χ4v) is 4.51. The summed E-state index contributed by atoms with van der Waals surface area (Å²) in [6.07, 6.45) is 1.75. The molecule has 1 N–H and O–H groups in total. The van der Waals surface area contributed by atoms with Crippen LogP contribution in [0.1, 0.15) is 5.82 Å². The van der Waals surface area contributed by atoms with Crippen LogP contribution in [0.2, 0.25) is 5.02 Å². The van der Waals surface area contributed by atoms with E-state index in [4.69, 9.17) is 16.3 Å². The summed E-state index contributed by atoms with van der Waals surface area (Å²) in [6.45, 7) is 4.54. The van der Waals surface area contributed by atoms with Crippen molar-refractivity contribution in [3.8, 4) is 5.75 Å². The number of para-hydroxylation sites is 1. The molecule has 0 aliphatic heterocycles. The summed E-state index contributed by atoms with van der Waals surface area (Å²) in [7, 11) is 0. The van der Waals surface area contributed by atoms with Crippen LogP contribution < -0.4 is 10.1 Å². The largest absolute Gasteiger partial charge is 0.486 e. The molecular weight excluding hydrogens is 454 g/mol. The summed E-state index contributed by atoms with van der Waals surface area (Å²) >= 11 is 8.64. The van der Waals surface area contributed by atoms with Crippen LogP contribution in [0.15, 0.2) is 66.3 Å². The van der Waals surface area contributed by atoms with Gasteiger partial charge in [0.1, 0.15) is 12.4 Å². The molecule has 10 heteroatoms. The van der Waals surface area contributed by atoms with Gasteiger partial charge in [0.15, 0.2) is 16.1 Å². The van der Waals surface area contributed by atoms with E-state index < -0.39 is 0 Å². The zero-order valence-electron chi connectivity index (χ0n) is 16.3. The molecule has 7 nitrogen and oxygen atoms in total. The van der Waals surface area contributed by atoms with E-state index >= 15 is 0 Å². The summed E-state index contributed by atoms with van der Waals surface area (Å²) in [5.74, 6) is 1.35. The molecule has 0 fully saturated rings. The molecule has 0 saturated heterocycles. The molecule has 0 atom stereocenters. The Morgan fingerprint density at radius 1 is 1.23 bits per heavy atom. The molecule has 0 radical (unpaired) electrons. The van der Waals surface area contributed by atoms with Crippen molar-refractivity contribution in [2.45, 2.75) is 18.3 Å². The number of aromatic nitrogens is 4. The SMILES string of the molecule is C=CCn1c(COc2ccc(Cl)cc2)nnc1SCC(=O)Nc1nc2ccccc2s1. The molecule has 0 aliphatic rings. The lowest BCUT2D eigenvalue weighted by Crippen LogP contribution is -2.14. The number of nitrogens with one attached hydrogen (secondary N) is 1. The van der Waals surface area contributed by atoms with E-state index in [1.807, 2.05) is 28.8 Å². The van der Waals surface area contributed by atoms with Crippen molar-refractivity contribution in [3.05, 3.63) is 72.0 Å². The molecule has 0 aliphatic carbocycles. The molecule has 2 aromatic carbocycles. The van der Waals surface area contributed by atoms with Crippen molar-refractivity contribution >= 4 is 56.0 Å². The van der Waals surface area contributed by atoms with Gasteiger partial charge in [-0.2, -0.15) is 0 Å². The number of amides is 1. The first kappa shape index (κ1) is 21.4. The number of carbonyl (C=O) groups excluding carboxylic acids is 1. The Hall–Kier alpha value is -2.88. The Morgan fingerprint density at radius 2 is 2.03 bits per heavy atom. The summed E-state index contributed by atoms with van der Waals surface area (Å²) in [5.41, 5.74) is 0.867. The van der Waals surface area contributed by atoms with Gasteiger partial charge in [0.25, 0.3) is 0 Å². The first-order chi connectivity index (χ1) is 15.1. The van der Waals surface area contributed by atoms with Gasteiger partial charge in [-0.3, -0.25) is 9.36 Å². The highest BCUT2D eigenvalue weighted by Crippen LogP contribution is 2.26. The number of fused-ring (bicyclic) bond motifs is 1. The van der Waals surface area contributed by atoms with Crippen molar-refractivity contribution in [2.24, 2.45) is 0 Å². The Morgan fingerprint density at radius 3 is 2.81 bits per heavy atom. The van der Waals surface area contributed by atoms with Gasteiger partial charge >= 0.3 is 0 Å². The number of halogens is 1. The molecule has 0 unspecified atom stereocenters. The number of carbonyl (C=O) groups is 1. The fraction of sp³-hybridized carbons (Fsp3) is 0.143. The van der Waals surface area contributed by atoms with Crippen LogP contribution in [-0.4, -0.2) is 31.4 Å². The second kappa shape index (κ2) is 9.95. The maximum atomic E-state index is 12.4. The topological polar surface area (TPSA) is 81.9 Å². The van der Waals surface area contributed by atoms with Crippen molar-refractivity contribution in [1.82, 2.24) is 19.7 Å². The number of hydrogen-bond donors (Lipinski definition) is 1. The number of nitrogens with zero attached hydrogens (tertiary/aromatic N) is 4. The van der Waals surface area contributed by atoms with Crippen molar-refractivity contribution in [1.29, 1.82) is 0 Å². The van der Waals surface area contributed by atoms with E-state index in [2.05, 4.69) is 27.1 Å². The molecule has 0 saturated carbocycles. The fourth-order valence-electron chi connectivity index (χ4n) is 2.73. The van der Waals surface area contributed by atoms with Gasteiger partial charge < -0.3 is 10.1 Å². The van der Waals surface area contributed by atoms with Crippen molar-refractivity contribution in [2.75, 3.05) is 11.1 Å². The first-order valence-electron chi connectivity index (χ1n) is 9.32. The van der Waals surface area contributed by atoms with Crippen LogP contribution in [0, 0.1) is 0 Å². The van der Waals surface area contributed by atoms with Gasteiger partial charge in [-0.1, -0.05) is 52.9 Å². The van der Waals surface area contributed by atoms with Crippen LogP contribution >= 0.6 is 34.7 Å². The average molecular weight is 472 g/mol. The Bertz CT molecular complexity index is 1170. The van der Waals surface area contributed by atoms with Gasteiger partial charge in [-0.15, -0.1) is 16.8 Å². The van der Waals surface area contributed by atoms with Gasteiger partial charge in [0, 0.05) is 11.6 Å². The zero-order valence-corrected chi connectivity index (χ0v) is 18.7. The maximum Gasteiger partial charge on any atom is 0.236 e. The predicted molar refractivity (Wildman–Crippen MR) is 125 cm³/mol. The van der Waals surface area contributed by atoms with Gasteiger partial charge in [-0.25, -0.2) is 4.98 Å². The lowest BCUT2D eigenvalue weighted by atomic mass is 10.3. The highest BCUT2D eigenvalue weighted by atomic mass is 35.5. The predicted octanol–water partition coefficient (Wildman–Crippen LogP) is 5.04. The van der Waals surface area contributed by atoms with E-state index in [0.29, 0.717) is 33.4 Å². The minimum Gasteiger partial charge on any atom is -0.486 e. The Labute approximate surface area is 192 Å². The summed E-state index contributed by atoms with van der Waals surface area (Å²) < 4.78 is 8.67. The summed E-state index contributed by atoms with van der Waals surface area (Å²) in [5, 5.41) is 13.1. The normalized spacial score (nSPS) is 10.9. The number of thioether (sulfide) groups is 1. The van der Waals surface area contributed by atoms with Crippen LogP contribution in [0.4, 0.5) is 5.13 Å². The van der Waals surface area contributed by atoms with Gasteiger partial charge in [0.05, 0.1) is 16.0 Å². The Kier molecular flexibility index (Phi) is 6.86. The third kappa shape index (κ3) is 5.43. The van der Waals surface area contributed by atoms with Gasteiger partial charge in [0.2, 0.25) is 5.91 Å². The van der Waals surface area contributed by atoms with E-state index in [-0.39, 0.29) is 18.3 Å². The number of rotatable bonds is 9. The molecule has 4 aromatic rings. The van der Waals surface area contributed by atoms with Gasteiger partial charge in [-0.05, 0) is 36.4 Å². The summed E-state index contributed by atoms with van der Waals surface area (Å²) in [6, 6.07) is 14.9. The molecule has 4 rings (SSSR count). The quantitative estimate of drug-likeness (QED) is 0.272. The lowest BCUT2D eigenvalue weighted by molar-refractivity contribution is -0.113. The second-order valence-electron chi connectivity index (χ2n) is 6.36. The van der Waals surface area contributed by atoms with E-state index in [9.17, 15) is 4.79 Å². The van der Waals surface area contributed by atoms with Crippen LogP contribution in [0.3, 0.4) is 0 Å². The van der Waals surface area contributed by atoms with Crippen LogP contribution in [-0.2, 0) is 17.9 Å². The van der Waals surface area contributed by atoms with E-state index in [1.165, 1.54) is 23.1 Å². The standard InChI is InChI=1S/C21H18ClN5O2S2/c1-2-11-27-18(12-29-15-9-7-14(22)8-10-15)25-26-21(27)30-13-19(28)24-20-23-16-5-3-4-6-17(16)31-20/h2-10H,1,11-13H2,(H,23,24,28). The number of hydrogen-bond acceptors (Lipinski definition) is 7. The third-order valence-corrected chi connectivity index (χ3v) is 6.33. The van der Waals surface area contributed by atoms with E-state index in [0.717, 1.165) is 10.2 Å². The smallest absolute Gasteiger partial charge is 0.236 e. The minimum atomic E-state index is -0.156. The molecule has 158 valence electrons. The highest BCUT2D eigenvalue weighted by Gasteiger charge is 2.15. The van der Waals surface area contributed by atoms with Crippen molar-refractivity contribution < 1.29 is 9.53 Å². The number of benzene rings is 2. The molecule has 2 aromatic heterocycles.